The van der Waals surface area contributed by atoms with Crippen LogP contribution in [0.1, 0.15) is 18.1 Å². The molecule has 0 saturated heterocycles. The van der Waals surface area contributed by atoms with Gasteiger partial charge in [-0.15, -0.1) is 0 Å². The van der Waals surface area contributed by atoms with Crippen LogP contribution in [-0.4, -0.2) is 12.5 Å². The lowest BCUT2D eigenvalue weighted by molar-refractivity contribution is -0.112. The van der Waals surface area contributed by atoms with Gasteiger partial charge in [-0.3, -0.25) is 4.79 Å². The average Bonchev–Trinajstić information content (AvgIpc) is 2.80. The van der Waals surface area contributed by atoms with Crippen LogP contribution in [0.15, 0.2) is 66.2 Å². The molecule has 168 valence electrons. The van der Waals surface area contributed by atoms with Gasteiger partial charge < -0.3 is 14.8 Å². The van der Waals surface area contributed by atoms with Gasteiger partial charge in [-0.1, -0.05) is 47.5 Å². The second kappa shape index (κ2) is 11.4. The zero-order chi connectivity index (χ0) is 23.8. The molecule has 1 amide bonds. The van der Waals surface area contributed by atoms with Crippen LogP contribution < -0.4 is 14.8 Å². The molecule has 3 aromatic rings. The van der Waals surface area contributed by atoms with E-state index < -0.39 is 11.7 Å². The number of rotatable bonds is 8. The molecule has 0 aromatic heterocycles. The second-order valence-corrected chi connectivity index (χ2v) is 7.59. The molecule has 0 spiro atoms. The van der Waals surface area contributed by atoms with Gasteiger partial charge in [0.05, 0.1) is 22.3 Å². The molecule has 1 N–H and O–H groups in total. The van der Waals surface area contributed by atoms with E-state index >= 15 is 0 Å². The Kier molecular flexibility index (Phi) is 8.31. The lowest BCUT2D eigenvalue weighted by atomic mass is 10.1. The van der Waals surface area contributed by atoms with Crippen LogP contribution in [0.5, 0.6) is 11.5 Å². The highest BCUT2D eigenvalue weighted by Gasteiger charge is 2.13. The van der Waals surface area contributed by atoms with Gasteiger partial charge in [0, 0.05) is 0 Å². The highest BCUT2D eigenvalue weighted by atomic mass is 35.5. The molecule has 33 heavy (non-hydrogen) atoms. The molecule has 0 fully saturated rings. The number of nitrogens with one attached hydrogen (secondary N) is 1. The van der Waals surface area contributed by atoms with Gasteiger partial charge in [-0.05, 0) is 60.5 Å². The molecule has 0 atom stereocenters. The third-order valence-corrected chi connectivity index (χ3v) is 5.18. The Morgan fingerprint density at radius 3 is 2.55 bits per heavy atom. The number of amides is 1. The van der Waals surface area contributed by atoms with Crippen LogP contribution >= 0.6 is 23.2 Å². The van der Waals surface area contributed by atoms with Gasteiger partial charge in [0.2, 0.25) is 0 Å². The number of anilines is 1. The predicted octanol–water partition coefficient (Wildman–Crippen LogP) is 6.66. The highest BCUT2D eigenvalue weighted by molar-refractivity contribution is 6.42. The topological polar surface area (TPSA) is 71.3 Å². The Morgan fingerprint density at radius 1 is 1.06 bits per heavy atom. The average molecular weight is 485 g/mol. The molecule has 0 aliphatic heterocycles. The lowest BCUT2D eigenvalue weighted by Gasteiger charge is -2.13. The monoisotopic (exact) mass is 484 g/mol. The molecule has 0 saturated carbocycles. The van der Waals surface area contributed by atoms with Crippen LogP contribution in [0.4, 0.5) is 10.1 Å². The van der Waals surface area contributed by atoms with Gasteiger partial charge in [0.15, 0.2) is 11.5 Å². The Morgan fingerprint density at radius 2 is 1.85 bits per heavy atom. The minimum atomic E-state index is -0.722. The normalized spacial score (nSPS) is 10.9. The van der Waals surface area contributed by atoms with Crippen molar-refractivity contribution in [1.82, 2.24) is 0 Å². The number of carbonyl (C=O) groups excluding carboxylic acids is 1. The Bertz CT molecular complexity index is 1240. The van der Waals surface area contributed by atoms with Gasteiger partial charge in [-0.25, -0.2) is 4.39 Å². The van der Waals surface area contributed by atoms with E-state index in [-0.39, 0.29) is 17.9 Å². The van der Waals surface area contributed by atoms with E-state index in [1.807, 2.05) is 13.0 Å². The fourth-order valence-corrected chi connectivity index (χ4v) is 3.18. The van der Waals surface area contributed by atoms with Gasteiger partial charge in [0.25, 0.3) is 5.91 Å². The molecule has 0 bridgehead atoms. The number of para-hydroxylation sites is 1. The van der Waals surface area contributed by atoms with E-state index in [9.17, 15) is 14.4 Å². The van der Waals surface area contributed by atoms with E-state index in [1.165, 1.54) is 24.3 Å². The lowest BCUT2D eigenvalue weighted by Crippen LogP contribution is -2.14. The first-order valence-corrected chi connectivity index (χ1v) is 10.7. The fourth-order valence-electron chi connectivity index (χ4n) is 2.86. The van der Waals surface area contributed by atoms with Crippen molar-refractivity contribution in [2.45, 2.75) is 13.5 Å². The first kappa shape index (κ1) is 24.1. The van der Waals surface area contributed by atoms with Crippen LogP contribution in [0.2, 0.25) is 10.0 Å². The van der Waals surface area contributed by atoms with Gasteiger partial charge in [0.1, 0.15) is 24.1 Å². The van der Waals surface area contributed by atoms with Crippen LogP contribution in [0.3, 0.4) is 0 Å². The zero-order valence-corrected chi connectivity index (χ0v) is 19.1. The molecule has 8 heteroatoms. The first-order chi connectivity index (χ1) is 15.9. The molecule has 3 rings (SSSR count). The van der Waals surface area contributed by atoms with E-state index in [0.29, 0.717) is 33.7 Å². The van der Waals surface area contributed by atoms with Crippen molar-refractivity contribution in [3.63, 3.8) is 0 Å². The van der Waals surface area contributed by atoms with E-state index in [0.717, 1.165) is 5.56 Å². The van der Waals surface area contributed by atoms with Crippen molar-refractivity contribution in [1.29, 1.82) is 5.26 Å². The summed E-state index contributed by atoms with van der Waals surface area (Å²) in [6.45, 7) is 2.45. The number of carbonyl (C=O) groups is 1. The third-order valence-electron chi connectivity index (χ3n) is 4.44. The van der Waals surface area contributed by atoms with Crippen molar-refractivity contribution in [3.05, 3.63) is 93.2 Å². The summed E-state index contributed by atoms with van der Waals surface area (Å²) in [4.78, 5) is 12.4. The van der Waals surface area contributed by atoms with E-state index in [2.05, 4.69) is 5.32 Å². The first-order valence-electron chi connectivity index (χ1n) is 9.92. The standard InChI is InChI=1S/C25H19Cl2FN2O3/c1-2-32-24-13-16(8-10-23(24)33-15-17-7-9-19(26)20(27)12-17)11-18(14-29)25(31)30-22-6-4-3-5-21(22)28/h3-13H,2,15H2,1H3,(H,30,31)/b18-11+. The fraction of sp³-hybridized carbons (Fsp3) is 0.120. The highest BCUT2D eigenvalue weighted by Crippen LogP contribution is 2.31. The zero-order valence-electron chi connectivity index (χ0n) is 17.6. The van der Waals surface area contributed by atoms with Crippen molar-refractivity contribution in [2.75, 3.05) is 11.9 Å². The largest absolute Gasteiger partial charge is 0.490 e. The van der Waals surface area contributed by atoms with Gasteiger partial charge >= 0.3 is 0 Å². The van der Waals surface area contributed by atoms with Crippen molar-refractivity contribution >= 4 is 40.9 Å². The summed E-state index contributed by atoms with van der Waals surface area (Å²) in [6, 6.07) is 17.8. The van der Waals surface area contributed by atoms with Crippen molar-refractivity contribution in [2.24, 2.45) is 0 Å². The number of ether oxygens (including phenoxy) is 2. The SMILES string of the molecule is CCOc1cc(/C=C(\C#N)C(=O)Nc2ccccc2F)ccc1OCc1ccc(Cl)c(Cl)c1. The van der Waals surface area contributed by atoms with Gasteiger partial charge in [-0.2, -0.15) is 5.26 Å². The minimum absolute atomic E-state index is 0.00953. The molecule has 0 radical (unpaired) electrons. The Balaban J connectivity index is 1.79. The number of nitriles is 1. The number of hydrogen-bond acceptors (Lipinski definition) is 4. The molecule has 0 heterocycles. The smallest absolute Gasteiger partial charge is 0.266 e. The second-order valence-electron chi connectivity index (χ2n) is 6.78. The van der Waals surface area contributed by atoms with E-state index in [4.69, 9.17) is 32.7 Å². The number of hydrogen-bond donors (Lipinski definition) is 1. The predicted molar refractivity (Wildman–Crippen MR) is 127 cm³/mol. The molecular formula is C25H19Cl2FN2O3. The summed E-state index contributed by atoms with van der Waals surface area (Å²) in [6.07, 6.45) is 1.39. The summed E-state index contributed by atoms with van der Waals surface area (Å²) in [5, 5.41) is 12.7. The van der Waals surface area contributed by atoms with Crippen LogP contribution in [0.25, 0.3) is 6.08 Å². The molecule has 0 aliphatic carbocycles. The van der Waals surface area contributed by atoms with Crippen LogP contribution in [-0.2, 0) is 11.4 Å². The van der Waals surface area contributed by atoms with Crippen molar-refractivity contribution in [3.8, 4) is 17.6 Å². The molecule has 5 nitrogen and oxygen atoms in total. The third kappa shape index (κ3) is 6.48. The Hall–Kier alpha value is -3.53. The quantitative estimate of drug-likeness (QED) is 0.286. The molecule has 3 aromatic carbocycles. The summed E-state index contributed by atoms with van der Waals surface area (Å²) in [5.74, 6) is -0.391. The minimum Gasteiger partial charge on any atom is -0.490 e. The maximum atomic E-state index is 13.8. The number of halogens is 3. The summed E-state index contributed by atoms with van der Waals surface area (Å²) >= 11 is 12.0. The molecular weight excluding hydrogens is 466 g/mol. The number of nitrogens with zero attached hydrogens (tertiary/aromatic N) is 1. The molecule has 0 unspecified atom stereocenters. The summed E-state index contributed by atoms with van der Waals surface area (Å²) < 4.78 is 25.3. The number of benzene rings is 3. The summed E-state index contributed by atoms with van der Waals surface area (Å²) in [5.41, 5.74) is 1.17. The molecule has 0 aliphatic rings. The summed E-state index contributed by atoms with van der Waals surface area (Å²) in [7, 11) is 0. The maximum Gasteiger partial charge on any atom is 0.266 e. The maximum absolute atomic E-state index is 13.8. The Labute approximate surface area is 201 Å². The van der Waals surface area contributed by atoms with E-state index in [1.54, 1.807) is 42.5 Å². The van der Waals surface area contributed by atoms with Crippen LogP contribution in [0, 0.1) is 17.1 Å². The van der Waals surface area contributed by atoms with Crippen molar-refractivity contribution < 1.29 is 18.7 Å².